The summed E-state index contributed by atoms with van der Waals surface area (Å²) in [4.78, 5) is 47.4. The highest BCUT2D eigenvalue weighted by atomic mass is 16.6. The van der Waals surface area contributed by atoms with Gasteiger partial charge in [0, 0.05) is 14.1 Å². The molecule has 9 nitrogen and oxygen atoms in total. The van der Waals surface area contributed by atoms with Gasteiger partial charge in [0.15, 0.2) is 0 Å². The van der Waals surface area contributed by atoms with Gasteiger partial charge in [-0.2, -0.15) is 0 Å². The van der Waals surface area contributed by atoms with Crippen molar-refractivity contribution < 1.29 is 14.3 Å². The fourth-order valence-corrected chi connectivity index (χ4v) is 2.99. The Labute approximate surface area is 131 Å². The van der Waals surface area contributed by atoms with Gasteiger partial charge >= 0.3 is 23.0 Å². The van der Waals surface area contributed by atoms with Gasteiger partial charge in [0.1, 0.15) is 6.54 Å². The Morgan fingerprint density at radius 3 is 2.35 bits per heavy atom. The zero-order valence-corrected chi connectivity index (χ0v) is 13.1. The molecule has 3 atom stereocenters. The summed E-state index contributed by atoms with van der Waals surface area (Å²) < 4.78 is 12.9. The van der Waals surface area contributed by atoms with E-state index in [1.165, 1.54) is 14.1 Å². The molecule has 0 spiro atoms. The molecule has 0 bridgehead atoms. The quantitative estimate of drug-likeness (QED) is 0.485. The summed E-state index contributed by atoms with van der Waals surface area (Å²) in [6, 6.07) is 0. The number of fused-ring (bicyclic) bond motifs is 1. The maximum Gasteiger partial charge on any atom is 0.336 e. The lowest BCUT2D eigenvalue weighted by Gasteiger charge is -2.18. The number of rotatable bonds is 4. The maximum absolute atomic E-state index is 11.9. The highest BCUT2D eigenvalue weighted by Crippen LogP contribution is 2.39. The van der Waals surface area contributed by atoms with E-state index in [0.29, 0.717) is 16.8 Å². The third-order valence-corrected chi connectivity index (χ3v) is 4.49. The second-order valence-corrected chi connectivity index (χ2v) is 6.13. The van der Waals surface area contributed by atoms with Crippen LogP contribution >= 0.6 is 0 Å². The lowest BCUT2D eigenvalue weighted by molar-refractivity contribution is -0.146. The van der Waals surface area contributed by atoms with Crippen molar-refractivity contribution in [3.05, 3.63) is 31.5 Å². The Kier molecular flexibility index (Phi) is 3.97. The smallest absolute Gasteiger partial charge is 0.336 e. The second-order valence-electron chi connectivity index (χ2n) is 6.13. The summed E-state index contributed by atoms with van der Waals surface area (Å²) in [6.45, 7) is -0.249. The van der Waals surface area contributed by atoms with Crippen LogP contribution in [-0.2, 0) is 34.9 Å². The summed E-state index contributed by atoms with van der Waals surface area (Å²) in [7, 11) is 2.50. The molecule has 23 heavy (non-hydrogen) atoms. The number of epoxide rings is 1. The van der Waals surface area contributed by atoms with E-state index in [-0.39, 0.29) is 12.5 Å². The number of carbonyl (C=O) groups excluding carboxylic acids is 1. The number of carbonyl (C=O) groups is 1. The van der Waals surface area contributed by atoms with Crippen molar-refractivity contribution in [3.63, 3.8) is 0 Å². The van der Waals surface area contributed by atoms with Gasteiger partial charge < -0.3 is 9.47 Å². The van der Waals surface area contributed by atoms with Crippen molar-refractivity contribution in [3.8, 4) is 0 Å². The minimum Gasteiger partial charge on any atom is -0.464 e. The van der Waals surface area contributed by atoms with E-state index < -0.39 is 29.6 Å². The first-order valence-corrected chi connectivity index (χ1v) is 7.56. The molecule has 9 heteroatoms. The zero-order chi connectivity index (χ0) is 16.7. The molecule has 3 rings (SSSR count). The van der Waals surface area contributed by atoms with E-state index in [2.05, 4.69) is 0 Å². The molecule has 1 saturated carbocycles. The van der Waals surface area contributed by atoms with Crippen molar-refractivity contribution in [1.29, 1.82) is 0 Å². The van der Waals surface area contributed by atoms with E-state index in [1.54, 1.807) is 0 Å². The number of aromatic nitrogens is 3. The van der Waals surface area contributed by atoms with Gasteiger partial charge in [-0.25, -0.2) is 28.1 Å². The first-order valence-electron chi connectivity index (χ1n) is 7.56. The van der Waals surface area contributed by atoms with Crippen LogP contribution in [0.4, 0.5) is 0 Å². The summed E-state index contributed by atoms with van der Waals surface area (Å²) >= 11 is 0. The first kappa shape index (κ1) is 15.7. The molecule has 2 aliphatic rings. The van der Waals surface area contributed by atoms with E-state index in [4.69, 9.17) is 9.47 Å². The Morgan fingerprint density at radius 2 is 1.74 bits per heavy atom. The lowest BCUT2D eigenvalue weighted by Crippen LogP contribution is -2.53. The second kappa shape index (κ2) is 5.80. The van der Waals surface area contributed by atoms with Crippen LogP contribution in [0.15, 0.2) is 14.4 Å². The molecule has 1 aliphatic carbocycles. The van der Waals surface area contributed by atoms with Gasteiger partial charge in [0.25, 0.3) is 0 Å². The Balaban J connectivity index is 1.65. The minimum absolute atomic E-state index is 0.252. The Bertz CT molecular complexity index is 764. The van der Waals surface area contributed by atoms with Gasteiger partial charge in [0.2, 0.25) is 0 Å². The summed E-state index contributed by atoms with van der Waals surface area (Å²) in [5.74, 6) is -0.413. The van der Waals surface area contributed by atoms with Crippen molar-refractivity contribution in [1.82, 2.24) is 13.7 Å². The van der Waals surface area contributed by atoms with Gasteiger partial charge in [-0.1, -0.05) is 0 Å². The van der Waals surface area contributed by atoms with Crippen LogP contribution < -0.4 is 17.1 Å². The van der Waals surface area contributed by atoms with E-state index in [1.807, 2.05) is 0 Å². The molecule has 0 radical (unpaired) electrons. The monoisotopic (exact) mass is 325 g/mol. The predicted octanol–water partition coefficient (Wildman–Crippen LogP) is -1.64. The number of esters is 1. The standard InChI is InChI=1S/C14H19N3O6/c1-15-12(19)16(2)14(21)17(13(15)20)6-11(18)22-7-8-3-4-9-10(5-8)23-9/h8-10H,3-7H2,1-2H3. The highest BCUT2D eigenvalue weighted by molar-refractivity contribution is 5.69. The van der Waals surface area contributed by atoms with E-state index in [9.17, 15) is 19.2 Å². The van der Waals surface area contributed by atoms with Crippen molar-refractivity contribution in [2.75, 3.05) is 6.61 Å². The molecule has 1 aromatic rings. The van der Waals surface area contributed by atoms with Gasteiger partial charge in [-0.05, 0) is 25.2 Å². The molecule has 0 N–H and O–H groups in total. The fraction of sp³-hybridized carbons (Fsp3) is 0.714. The molecule has 1 aromatic heterocycles. The van der Waals surface area contributed by atoms with Gasteiger partial charge in [-0.3, -0.25) is 4.79 Å². The molecular formula is C14H19N3O6. The first-order chi connectivity index (χ1) is 10.9. The van der Waals surface area contributed by atoms with Crippen LogP contribution in [0, 0.1) is 5.92 Å². The fourth-order valence-electron chi connectivity index (χ4n) is 2.99. The van der Waals surface area contributed by atoms with Crippen LogP contribution in [0.5, 0.6) is 0 Å². The van der Waals surface area contributed by atoms with Crippen LogP contribution in [0.3, 0.4) is 0 Å². The molecule has 1 aliphatic heterocycles. The van der Waals surface area contributed by atoms with Crippen LogP contribution in [0.25, 0.3) is 0 Å². The summed E-state index contributed by atoms with van der Waals surface area (Å²) in [6.07, 6.45) is 3.48. The molecule has 1 saturated heterocycles. The zero-order valence-electron chi connectivity index (χ0n) is 13.1. The normalized spacial score (nSPS) is 25.7. The lowest BCUT2D eigenvalue weighted by atomic mass is 9.90. The largest absolute Gasteiger partial charge is 0.464 e. The summed E-state index contributed by atoms with van der Waals surface area (Å²) in [5.41, 5.74) is -2.39. The summed E-state index contributed by atoms with van der Waals surface area (Å²) in [5, 5.41) is 0. The average Bonchev–Trinajstić information content (AvgIpc) is 3.32. The molecule has 0 aromatic carbocycles. The predicted molar refractivity (Wildman–Crippen MR) is 78.1 cm³/mol. The minimum atomic E-state index is -0.832. The molecule has 0 amide bonds. The number of ether oxygens (including phenoxy) is 2. The number of nitrogens with zero attached hydrogens (tertiary/aromatic N) is 3. The molecule has 126 valence electrons. The van der Waals surface area contributed by atoms with Crippen molar-refractivity contribution in [2.45, 2.75) is 38.0 Å². The topological polar surface area (TPSA) is 105 Å². The number of hydrogen-bond acceptors (Lipinski definition) is 6. The van der Waals surface area contributed by atoms with Gasteiger partial charge in [-0.15, -0.1) is 0 Å². The van der Waals surface area contributed by atoms with Crippen LogP contribution in [0.1, 0.15) is 19.3 Å². The third-order valence-electron chi connectivity index (χ3n) is 4.49. The van der Waals surface area contributed by atoms with Crippen molar-refractivity contribution >= 4 is 5.97 Å². The number of hydrogen-bond donors (Lipinski definition) is 0. The van der Waals surface area contributed by atoms with Crippen LogP contribution in [-0.4, -0.2) is 38.5 Å². The average molecular weight is 325 g/mol. The highest BCUT2D eigenvalue weighted by Gasteiger charge is 2.44. The Morgan fingerprint density at radius 1 is 1.09 bits per heavy atom. The van der Waals surface area contributed by atoms with Gasteiger partial charge in [0.05, 0.1) is 18.8 Å². The van der Waals surface area contributed by atoms with E-state index in [0.717, 1.165) is 28.4 Å². The molecular weight excluding hydrogens is 306 g/mol. The molecule has 2 fully saturated rings. The Hall–Kier alpha value is -2.16. The maximum atomic E-state index is 11.9. The SMILES string of the molecule is Cn1c(=O)n(C)c(=O)n(CC(=O)OCC2CCC3OC3C2)c1=O. The van der Waals surface area contributed by atoms with Crippen molar-refractivity contribution in [2.24, 2.45) is 20.0 Å². The molecule has 3 unspecified atom stereocenters. The van der Waals surface area contributed by atoms with Crippen LogP contribution in [0.2, 0.25) is 0 Å². The van der Waals surface area contributed by atoms with E-state index >= 15 is 0 Å². The third kappa shape index (κ3) is 3.00. The molecule has 2 heterocycles.